The predicted molar refractivity (Wildman–Crippen MR) is 69.7 cm³/mol. The summed E-state index contributed by atoms with van der Waals surface area (Å²) in [5.74, 6) is 0.955. The van der Waals surface area contributed by atoms with Crippen LogP contribution in [0.4, 0.5) is 0 Å². The Kier molecular flexibility index (Phi) is 4.39. The summed E-state index contributed by atoms with van der Waals surface area (Å²) in [5.41, 5.74) is 0. The summed E-state index contributed by atoms with van der Waals surface area (Å²) < 4.78 is 8.20. The molecule has 2 aromatic heterocycles. The van der Waals surface area contributed by atoms with Crippen molar-refractivity contribution in [3.8, 4) is 0 Å². The van der Waals surface area contributed by atoms with E-state index in [1.54, 1.807) is 6.20 Å². The van der Waals surface area contributed by atoms with Gasteiger partial charge >= 0.3 is 0 Å². The van der Waals surface area contributed by atoms with Crippen LogP contribution in [0.2, 0.25) is 0 Å². The second kappa shape index (κ2) is 6.02. The molecule has 2 aromatic rings. The van der Waals surface area contributed by atoms with Crippen LogP contribution in [0.3, 0.4) is 0 Å². The van der Waals surface area contributed by atoms with E-state index in [-0.39, 0.29) is 6.04 Å². The monoisotopic (exact) mass is 297 g/mol. The maximum absolute atomic E-state index is 5.48. The highest BCUT2D eigenvalue weighted by Gasteiger charge is 2.08. The van der Waals surface area contributed by atoms with Crippen molar-refractivity contribution in [3.63, 3.8) is 0 Å². The standard InChI is InChI=1S/C12H16BrN3O/c1-10(11-4-5-12(13)17-11)14-6-2-8-16-9-3-7-15-16/h3-5,7,9-10,14H,2,6,8H2,1H3. The molecule has 0 saturated carbocycles. The van der Waals surface area contributed by atoms with Crippen LogP contribution in [-0.4, -0.2) is 16.3 Å². The minimum atomic E-state index is 0.235. The third-order valence-corrected chi connectivity index (χ3v) is 3.02. The van der Waals surface area contributed by atoms with Crippen LogP contribution in [0.25, 0.3) is 0 Å². The second-order valence-corrected chi connectivity index (χ2v) is 4.72. The van der Waals surface area contributed by atoms with Gasteiger partial charge in [0.1, 0.15) is 5.76 Å². The number of aromatic nitrogens is 2. The molecule has 0 radical (unpaired) electrons. The zero-order valence-electron chi connectivity index (χ0n) is 9.77. The van der Waals surface area contributed by atoms with E-state index < -0.39 is 0 Å². The minimum absolute atomic E-state index is 0.235. The summed E-state index contributed by atoms with van der Waals surface area (Å²) in [6, 6.07) is 6.07. The molecule has 0 aliphatic carbocycles. The summed E-state index contributed by atoms with van der Waals surface area (Å²) in [6.45, 7) is 3.98. The topological polar surface area (TPSA) is 43.0 Å². The Labute approximate surface area is 109 Å². The molecule has 2 rings (SSSR count). The lowest BCUT2D eigenvalue weighted by Gasteiger charge is -2.11. The number of hydrogen-bond acceptors (Lipinski definition) is 3. The average molecular weight is 298 g/mol. The molecule has 0 fully saturated rings. The molecular weight excluding hydrogens is 282 g/mol. The molecule has 1 unspecified atom stereocenters. The van der Waals surface area contributed by atoms with Gasteiger partial charge in [-0.3, -0.25) is 4.68 Å². The first-order valence-electron chi connectivity index (χ1n) is 5.72. The molecule has 2 heterocycles. The van der Waals surface area contributed by atoms with Gasteiger partial charge in [0, 0.05) is 18.9 Å². The van der Waals surface area contributed by atoms with E-state index in [0.717, 1.165) is 29.9 Å². The highest BCUT2D eigenvalue weighted by atomic mass is 79.9. The SMILES string of the molecule is CC(NCCCn1cccn1)c1ccc(Br)o1. The molecule has 0 aliphatic heterocycles. The number of halogens is 1. The average Bonchev–Trinajstić information content (AvgIpc) is 2.95. The van der Waals surface area contributed by atoms with E-state index in [9.17, 15) is 0 Å². The molecule has 17 heavy (non-hydrogen) atoms. The van der Waals surface area contributed by atoms with Crippen LogP contribution in [0, 0.1) is 0 Å². The van der Waals surface area contributed by atoms with Gasteiger partial charge in [0.15, 0.2) is 4.67 Å². The van der Waals surface area contributed by atoms with Gasteiger partial charge in [-0.2, -0.15) is 5.10 Å². The summed E-state index contributed by atoms with van der Waals surface area (Å²) in [5, 5.41) is 7.58. The number of nitrogens with one attached hydrogen (secondary N) is 1. The Hall–Kier alpha value is -1.07. The van der Waals surface area contributed by atoms with Gasteiger partial charge in [-0.25, -0.2) is 0 Å². The predicted octanol–water partition coefficient (Wildman–Crippen LogP) is 2.98. The maximum Gasteiger partial charge on any atom is 0.169 e. The van der Waals surface area contributed by atoms with Crippen molar-refractivity contribution in [2.75, 3.05) is 6.54 Å². The molecule has 1 atom stereocenters. The highest BCUT2D eigenvalue weighted by molar-refractivity contribution is 9.10. The Morgan fingerprint density at radius 1 is 1.53 bits per heavy atom. The molecule has 0 aliphatic rings. The fourth-order valence-corrected chi connectivity index (χ4v) is 1.97. The lowest BCUT2D eigenvalue weighted by molar-refractivity contribution is 0.411. The first-order valence-corrected chi connectivity index (χ1v) is 6.51. The van der Waals surface area contributed by atoms with Crippen LogP contribution < -0.4 is 5.32 Å². The lowest BCUT2D eigenvalue weighted by Crippen LogP contribution is -2.20. The molecule has 0 aromatic carbocycles. The lowest BCUT2D eigenvalue weighted by atomic mass is 10.2. The zero-order chi connectivity index (χ0) is 12.1. The summed E-state index contributed by atoms with van der Waals surface area (Å²) in [4.78, 5) is 0. The molecule has 4 nitrogen and oxygen atoms in total. The Morgan fingerprint density at radius 2 is 2.41 bits per heavy atom. The maximum atomic E-state index is 5.48. The van der Waals surface area contributed by atoms with Gasteiger partial charge in [-0.05, 0) is 54.0 Å². The van der Waals surface area contributed by atoms with Crippen molar-refractivity contribution in [2.24, 2.45) is 0 Å². The quantitative estimate of drug-likeness (QED) is 0.834. The van der Waals surface area contributed by atoms with Crippen molar-refractivity contribution in [1.82, 2.24) is 15.1 Å². The van der Waals surface area contributed by atoms with E-state index in [2.05, 4.69) is 33.3 Å². The first kappa shape index (κ1) is 12.4. The van der Waals surface area contributed by atoms with Crippen molar-refractivity contribution in [1.29, 1.82) is 0 Å². The van der Waals surface area contributed by atoms with Crippen LogP contribution in [0.15, 0.2) is 39.7 Å². The largest absolute Gasteiger partial charge is 0.453 e. The smallest absolute Gasteiger partial charge is 0.169 e. The molecule has 0 spiro atoms. The summed E-state index contributed by atoms with van der Waals surface area (Å²) >= 11 is 3.30. The fraction of sp³-hybridized carbons (Fsp3) is 0.417. The second-order valence-electron chi connectivity index (χ2n) is 3.94. The number of aryl methyl sites for hydroxylation is 1. The first-order chi connectivity index (χ1) is 8.25. The Morgan fingerprint density at radius 3 is 3.06 bits per heavy atom. The highest BCUT2D eigenvalue weighted by Crippen LogP contribution is 2.19. The normalized spacial score (nSPS) is 12.8. The Bertz CT molecular complexity index is 438. The van der Waals surface area contributed by atoms with E-state index >= 15 is 0 Å². The van der Waals surface area contributed by atoms with Crippen molar-refractivity contribution in [3.05, 3.63) is 41.0 Å². The van der Waals surface area contributed by atoms with Gasteiger partial charge in [0.2, 0.25) is 0 Å². The van der Waals surface area contributed by atoms with Crippen molar-refractivity contribution >= 4 is 15.9 Å². The van der Waals surface area contributed by atoms with Crippen LogP contribution >= 0.6 is 15.9 Å². The van der Waals surface area contributed by atoms with Gasteiger partial charge in [0.25, 0.3) is 0 Å². The van der Waals surface area contributed by atoms with Gasteiger partial charge < -0.3 is 9.73 Å². The molecular formula is C12H16BrN3O. The molecule has 5 heteroatoms. The minimum Gasteiger partial charge on any atom is -0.453 e. The third kappa shape index (κ3) is 3.71. The van der Waals surface area contributed by atoms with Crippen molar-refractivity contribution in [2.45, 2.75) is 25.9 Å². The van der Waals surface area contributed by atoms with E-state index in [1.807, 2.05) is 29.1 Å². The number of nitrogens with zero attached hydrogens (tertiary/aromatic N) is 2. The summed E-state index contributed by atoms with van der Waals surface area (Å²) in [7, 11) is 0. The zero-order valence-corrected chi connectivity index (χ0v) is 11.4. The number of furan rings is 1. The molecule has 92 valence electrons. The molecule has 1 N–H and O–H groups in total. The van der Waals surface area contributed by atoms with Crippen molar-refractivity contribution < 1.29 is 4.42 Å². The van der Waals surface area contributed by atoms with E-state index in [4.69, 9.17) is 4.42 Å². The molecule has 0 amide bonds. The number of rotatable bonds is 6. The van der Waals surface area contributed by atoms with Crippen LogP contribution in [-0.2, 0) is 6.54 Å². The fourth-order valence-electron chi connectivity index (χ4n) is 1.65. The van der Waals surface area contributed by atoms with Crippen LogP contribution in [0.1, 0.15) is 25.1 Å². The third-order valence-electron chi connectivity index (χ3n) is 2.59. The molecule has 0 bridgehead atoms. The van der Waals surface area contributed by atoms with Gasteiger partial charge in [-0.1, -0.05) is 0 Å². The van der Waals surface area contributed by atoms with Gasteiger partial charge in [-0.15, -0.1) is 0 Å². The summed E-state index contributed by atoms with van der Waals surface area (Å²) in [6.07, 6.45) is 4.83. The number of hydrogen-bond donors (Lipinski definition) is 1. The Balaban J connectivity index is 1.68. The van der Waals surface area contributed by atoms with E-state index in [1.165, 1.54) is 0 Å². The van der Waals surface area contributed by atoms with E-state index in [0.29, 0.717) is 0 Å². The van der Waals surface area contributed by atoms with Crippen LogP contribution in [0.5, 0.6) is 0 Å². The molecule has 0 saturated heterocycles. The van der Waals surface area contributed by atoms with Gasteiger partial charge in [0.05, 0.1) is 6.04 Å².